The van der Waals surface area contributed by atoms with E-state index in [1.54, 1.807) is 6.92 Å². The van der Waals surface area contributed by atoms with Crippen molar-refractivity contribution in [1.29, 1.82) is 0 Å². The molecule has 1 aromatic heterocycles. The quantitative estimate of drug-likeness (QED) is 0.470. The summed E-state index contributed by atoms with van der Waals surface area (Å²) in [5.74, 6) is -0.538. The zero-order chi connectivity index (χ0) is 13.0. The van der Waals surface area contributed by atoms with Crippen molar-refractivity contribution in [3.8, 4) is 0 Å². The zero-order valence-corrected chi connectivity index (χ0v) is 9.77. The lowest BCUT2D eigenvalue weighted by atomic mass is 10.2. The molecule has 0 bridgehead atoms. The average molecular weight is 259 g/mol. The summed E-state index contributed by atoms with van der Waals surface area (Å²) in [6.45, 7) is 1.96. The van der Waals surface area contributed by atoms with Gasteiger partial charge >= 0.3 is 0 Å². The van der Waals surface area contributed by atoms with Crippen LogP contribution in [0.25, 0.3) is 0 Å². The normalized spacial score (nSPS) is 11.9. The van der Waals surface area contributed by atoms with Gasteiger partial charge < -0.3 is 11.1 Å². The van der Waals surface area contributed by atoms with E-state index in [-0.39, 0.29) is 29.0 Å². The minimum Gasteiger partial charge on any atom is -0.348 e. The van der Waals surface area contributed by atoms with Crippen molar-refractivity contribution in [1.82, 2.24) is 10.3 Å². The fourth-order valence-electron chi connectivity index (χ4n) is 1.06. The van der Waals surface area contributed by atoms with Gasteiger partial charge in [-0.25, -0.2) is 4.98 Å². The highest BCUT2D eigenvalue weighted by molar-refractivity contribution is 6.32. The maximum atomic E-state index is 11.7. The number of nitro groups is 1. The Morgan fingerprint density at radius 2 is 2.41 bits per heavy atom. The molecule has 3 N–H and O–H groups in total. The number of hydrogen-bond acceptors (Lipinski definition) is 5. The molecular formula is C9H11ClN4O3. The predicted octanol–water partition coefficient (Wildman–Crippen LogP) is 0.720. The number of rotatable bonds is 4. The number of pyridine rings is 1. The second kappa shape index (κ2) is 5.55. The monoisotopic (exact) mass is 258 g/mol. The Labute approximate surface area is 102 Å². The standard InChI is InChI=1S/C9H11ClN4O3/c1-5(3-11)13-9(15)7-2-6(14(16)17)4-12-8(7)10/h2,4-5H,3,11H2,1H3,(H,13,15). The van der Waals surface area contributed by atoms with Crippen molar-refractivity contribution < 1.29 is 9.72 Å². The van der Waals surface area contributed by atoms with Gasteiger partial charge in [0, 0.05) is 18.7 Å². The Balaban J connectivity index is 3.00. The predicted molar refractivity (Wildman–Crippen MR) is 61.9 cm³/mol. The average Bonchev–Trinajstić information content (AvgIpc) is 2.28. The second-order valence-corrected chi connectivity index (χ2v) is 3.76. The van der Waals surface area contributed by atoms with Gasteiger partial charge in [-0.3, -0.25) is 14.9 Å². The van der Waals surface area contributed by atoms with Crippen molar-refractivity contribution >= 4 is 23.2 Å². The molecule has 1 atom stereocenters. The van der Waals surface area contributed by atoms with Gasteiger partial charge in [-0.2, -0.15) is 0 Å². The van der Waals surface area contributed by atoms with Crippen LogP contribution < -0.4 is 11.1 Å². The van der Waals surface area contributed by atoms with Crippen molar-refractivity contribution in [3.63, 3.8) is 0 Å². The molecule has 0 aliphatic carbocycles. The van der Waals surface area contributed by atoms with E-state index in [9.17, 15) is 14.9 Å². The summed E-state index contributed by atoms with van der Waals surface area (Å²) < 4.78 is 0. The van der Waals surface area contributed by atoms with Gasteiger partial charge in [-0.15, -0.1) is 0 Å². The summed E-state index contributed by atoms with van der Waals surface area (Å²) in [7, 11) is 0. The molecule has 0 aromatic carbocycles. The summed E-state index contributed by atoms with van der Waals surface area (Å²) >= 11 is 5.70. The third-order valence-electron chi connectivity index (χ3n) is 2.01. The fourth-order valence-corrected chi connectivity index (χ4v) is 1.25. The number of amides is 1. The van der Waals surface area contributed by atoms with Gasteiger partial charge in [-0.1, -0.05) is 11.6 Å². The number of hydrogen-bond donors (Lipinski definition) is 2. The zero-order valence-electron chi connectivity index (χ0n) is 9.01. The first kappa shape index (κ1) is 13.3. The third-order valence-corrected chi connectivity index (χ3v) is 2.31. The number of aromatic nitrogens is 1. The molecule has 0 aliphatic heterocycles. The van der Waals surface area contributed by atoms with Crippen molar-refractivity contribution in [2.24, 2.45) is 5.73 Å². The summed E-state index contributed by atoms with van der Waals surface area (Å²) in [4.78, 5) is 25.2. The van der Waals surface area contributed by atoms with E-state index in [1.807, 2.05) is 0 Å². The topological polar surface area (TPSA) is 111 Å². The highest BCUT2D eigenvalue weighted by Gasteiger charge is 2.17. The van der Waals surface area contributed by atoms with E-state index < -0.39 is 10.8 Å². The molecule has 0 radical (unpaired) electrons. The molecule has 8 heteroatoms. The molecule has 92 valence electrons. The van der Waals surface area contributed by atoms with Gasteiger partial charge in [0.15, 0.2) is 0 Å². The van der Waals surface area contributed by atoms with Crippen molar-refractivity contribution in [2.45, 2.75) is 13.0 Å². The van der Waals surface area contributed by atoms with E-state index in [0.29, 0.717) is 0 Å². The summed E-state index contributed by atoms with van der Waals surface area (Å²) in [6.07, 6.45) is 0.992. The first-order valence-corrected chi connectivity index (χ1v) is 5.14. The van der Waals surface area contributed by atoms with Gasteiger partial charge in [-0.05, 0) is 6.92 Å². The van der Waals surface area contributed by atoms with Crippen LogP contribution >= 0.6 is 11.6 Å². The second-order valence-electron chi connectivity index (χ2n) is 3.40. The molecule has 1 aromatic rings. The fraction of sp³-hybridized carbons (Fsp3) is 0.333. The van der Waals surface area contributed by atoms with Crippen LogP contribution in [0.2, 0.25) is 5.15 Å². The first-order chi connectivity index (χ1) is 7.95. The maximum Gasteiger partial charge on any atom is 0.288 e. The summed E-state index contributed by atoms with van der Waals surface area (Å²) in [5.41, 5.74) is 5.01. The van der Waals surface area contributed by atoms with Crippen molar-refractivity contribution in [2.75, 3.05) is 6.54 Å². The largest absolute Gasteiger partial charge is 0.348 e. The van der Waals surface area contributed by atoms with E-state index in [2.05, 4.69) is 10.3 Å². The van der Waals surface area contributed by atoms with E-state index in [1.165, 1.54) is 0 Å². The van der Waals surface area contributed by atoms with E-state index >= 15 is 0 Å². The molecule has 1 amide bonds. The molecule has 0 saturated heterocycles. The Morgan fingerprint density at radius 1 is 1.76 bits per heavy atom. The van der Waals surface area contributed by atoms with E-state index in [0.717, 1.165) is 12.3 Å². The molecule has 0 fully saturated rings. The van der Waals surface area contributed by atoms with Gasteiger partial charge in [0.2, 0.25) is 0 Å². The lowest BCUT2D eigenvalue weighted by molar-refractivity contribution is -0.385. The first-order valence-electron chi connectivity index (χ1n) is 4.76. The number of nitrogens with one attached hydrogen (secondary N) is 1. The van der Waals surface area contributed by atoms with E-state index in [4.69, 9.17) is 17.3 Å². The molecule has 0 spiro atoms. The van der Waals surface area contributed by atoms with Crippen LogP contribution in [0, 0.1) is 10.1 Å². The number of halogens is 1. The lowest BCUT2D eigenvalue weighted by Gasteiger charge is -2.11. The number of nitrogens with zero attached hydrogens (tertiary/aromatic N) is 2. The number of nitrogens with two attached hydrogens (primary N) is 1. The summed E-state index contributed by atoms with van der Waals surface area (Å²) in [6, 6.07) is 0.825. The molecule has 17 heavy (non-hydrogen) atoms. The molecule has 0 aliphatic rings. The summed E-state index contributed by atoms with van der Waals surface area (Å²) in [5, 5.41) is 13.0. The minimum absolute atomic E-state index is 0.0406. The Kier molecular flexibility index (Phi) is 4.36. The minimum atomic E-state index is -0.646. The molecule has 0 saturated carbocycles. The highest BCUT2D eigenvalue weighted by atomic mass is 35.5. The van der Waals surface area contributed by atoms with Gasteiger partial charge in [0.1, 0.15) is 11.3 Å². The third kappa shape index (κ3) is 3.36. The lowest BCUT2D eigenvalue weighted by Crippen LogP contribution is -2.38. The Hall–Kier alpha value is -1.73. The van der Waals surface area contributed by atoms with Crippen LogP contribution in [0.3, 0.4) is 0 Å². The molecular weight excluding hydrogens is 248 g/mol. The van der Waals surface area contributed by atoms with Gasteiger partial charge in [0.05, 0.1) is 10.5 Å². The Morgan fingerprint density at radius 3 is 2.94 bits per heavy atom. The molecule has 1 unspecified atom stereocenters. The number of carbonyl (C=O) groups excluding carboxylic acids is 1. The van der Waals surface area contributed by atoms with Crippen LogP contribution in [0.5, 0.6) is 0 Å². The van der Waals surface area contributed by atoms with Crippen LogP contribution in [0.4, 0.5) is 5.69 Å². The number of carbonyl (C=O) groups is 1. The molecule has 1 rings (SSSR count). The molecule has 7 nitrogen and oxygen atoms in total. The Bertz CT molecular complexity index is 452. The van der Waals surface area contributed by atoms with Gasteiger partial charge in [0.25, 0.3) is 11.6 Å². The SMILES string of the molecule is CC(CN)NC(=O)c1cc([N+](=O)[O-])cnc1Cl. The van der Waals surface area contributed by atoms with Crippen LogP contribution in [0.15, 0.2) is 12.3 Å². The van der Waals surface area contributed by atoms with Crippen molar-refractivity contribution in [3.05, 3.63) is 33.1 Å². The van der Waals surface area contributed by atoms with Crippen LogP contribution in [-0.4, -0.2) is 28.4 Å². The maximum absolute atomic E-state index is 11.7. The molecule has 1 heterocycles. The highest BCUT2D eigenvalue weighted by Crippen LogP contribution is 2.18. The van der Waals surface area contributed by atoms with Crippen LogP contribution in [0.1, 0.15) is 17.3 Å². The smallest absolute Gasteiger partial charge is 0.288 e. The van der Waals surface area contributed by atoms with Crippen LogP contribution in [-0.2, 0) is 0 Å².